The molecule has 0 aliphatic carbocycles. The summed E-state index contributed by atoms with van der Waals surface area (Å²) in [5, 5.41) is 11.0. The SMILES string of the molecule is CC(C)(C)OC(=O)[C@H](O)COc1ccc2nc(Cl)ccc2c1. The first kappa shape index (κ1) is 16.5. The Morgan fingerprint density at radius 3 is 2.73 bits per heavy atom. The number of aromatic nitrogens is 1. The third-order valence-electron chi connectivity index (χ3n) is 2.71. The molecule has 0 amide bonds. The highest BCUT2D eigenvalue weighted by Gasteiger charge is 2.23. The van der Waals surface area contributed by atoms with Crippen molar-refractivity contribution < 1.29 is 19.4 Å². The number of aliphatic hydroxyl groups is 1. The second kappa shape index (κ2) is 6.50. The van der Waals surface area contributed by atoms with E-state index in [2.05, 4.69) is 4.98 Å². The van der Waals surface area contributed by atoms with Crippen LogP contribution in [0.4, 0.5) is 0 Å². The largest absolute Gasteiger partial charge is 0.490 e. The zero-order valence-corrected chi connectivity index (χ0v) is 13.4. The molecule has 2 aromatic rings. The Morgan fingerprint density at radius 1 is 1.32 bits per heavy atom. The van der Waals surface area contributed by atoms with Gasteiger partial charge >= 0.3 is 5.97 Å². The number of benzene rings is 1. The van der Waals surface area contributed by atoms with Crippen molar-refractivity contribution in [2.75, 3.05) is 6.61 Å². The van der Waals surface area contributed by atoms with Gasteiger partial charge in [-0.2, -0.15) is 0 Å². The number of carbonyl (C=O) groups excluding carboxylic acids is 1. The molecule has 1 atom stereocenters. The predicted octanol–water partition coefficient (Wildman–Crippen LogP) is 2.97. The molecular formula is C16H18ClNO4. The summed E-state index contributed by atoms with van der Waals surface area (Å²) in [6.07, 6.45) is -1.33. The van der Waals surface area contributed by atoms with Gasteiger partial charge in [0.05, 0.1) is 5.52 Å². The van der Waals surface area contributed by atoms with Gasteiger partial charge in [-0.25, -0.2) is 9.78 Å². The predicted molar refractivity (Wildman–Crippen MR) is 84.1 cm³/mol. The second-order valence-corrected chi connectivity index (χ2v) is 6.24. The van der Waals surface area contributed by atoms with Crippen LogP contribution in [0.25, 0.3) is 10.9 Å². The molecule has 1 aromatic carbocycles. The summed E-state index contributed by atoms with van der Waals surface area (Å²) in [5.41, 5.74) is 0.0962. The van der Waals surface area contributed by atoms with E-state index in [1.54, 1.807) is 45.0 Å². The molecule has 1 heterocycles. The molecule has 0 fully saturated rings. The monoisotopic (exact) mass is 323 g/mol. The average Bonchev–Trinajstić information content (AvgIpc) is 2.42. The van der Waals surface area contributed by atoms with Crippen LogP contribution in [0.2, 0.25) is 5.15 Å². The highest BCUT2D eigenvalue weighted by atomic mass is 35.5. The molecule has 1 aromatic heterocycles. The fraction of sp³-hybridized carbons (Fsp3) is 0.375. The van der Waals surface area contributed by atoms with E-state index in [1.165, 1.54) is 0 Å². The van der Waals surface area contributed by atoms with Crippen LogP contribution in [-0.2, 0) is 9.53 Å². The standard InChI is InChI=1S/C16H18ClNO4/c1-16(2,3)22-15(20)13(19)9-21-11-5-6-12-10(8-11)4-7-14(17)18-12/h4-8,13,19H,9H2,1-3H3/t13-/m1/s1. The van der Waals surface area contributed by atoms with Gasteiger partial charge in [0.25, 0.3) is 0 Å². The lowest BCUT2D eigenvalue weighted by Crippen LogP contribution is -2.35. The smallest absolute Gasteiger partial charge is 0.339 e. The first-order chi connectivity index (χ1) is 10.2. The number of carbonyl (C=O) groups is 1. The summed E-state index contributed by atoms with van der Waals surface area (Å²) in [4.78, 5) is 15.8. The summed E-state index contributed by atoms with van der Waals surface area (Å²) in [6, 6.07) is 8.73. The van der Waals surface area contributed by atoms with Crippen LogP contribution in [0.3, 0.4) is 0 Å². The van der Waals surface area contributed by atoms with Crippen LogP contribution in [0.1, 0.15) is 20.8 Å². The van der Waals surface area contributed by atoms with E-state index in [1.807, 2.05) is 6.07 Å². The number of aliphatic hydroxyl groups excluding tert-OH is 1. The van der Waals surface area contributed by atoms with Crippen LogP contribution in [-0.4, -0.2) is 34.4 Å². The van der Waals surface area contributed by atoms with Crippen LogP contribution < -0.4 is 4.74 Å². The Morgan fingerprint density at radius 2 is 2.05 bits per heavy atom. The van der Waals surface area contributed by atoms with Crippen LogP contribution >= 0.6 is 11.6 Å². The molecule has 1 N–H and O–H groups in total. The van der Waals surface area contributed by atoms with Crippen molar-refractivity contribution in [1.29, 1.82) is 0 Å². The lowest BCUT2D eigenvalue weighted by molar-refractivity contribution is -0.166. The maximum Gasteiger partial charge on any atom is 0.339 e. The molecule has 0 aliphatic rings. The van der Waals surface area contributed by atoms with E-state index < -0.39 is 17.7 Å². The molecule has 0 saturated carbocycles. The maximum atomic E-state index is 11.7. The first-order valence-electron chi connectivity index (χ1n) is 6.85. The van der Waals surface area contributed by atoms with Crippen molar-refractivity contribution in [3.63, 3.8) is 0 Å². The molecule has 6 heteroatoms. The van der Waals surface area contributed by atoms with Crippen molar-refractivity contribution >= 4 is 28.5 Å². The third kappa shape index (κ3) is 4.58. The highest BCUT2D eigenvalue weighted by molar-refractivity contribution is 6.29. The van der Waals surface area contributed by atoms with Crippen molar-refractivity contribution in [3.8, 4) is 5.75 Å². The van der Waals surface area contributed by atoms with Gasteiger partial charge < -0.3 is 14.6 Å². The quantitative estimate of drug-likeness (QED) is 0.692. The molecule has 0 bridgehead atoms. The first-order valence-corrected chi connectivity index (χ1v) is 7.22. The van der Waals surface area contributed by atoms with Crippen LogP contribution in [0.15, 0.2) is 30.3 Å². The van der Waals surface area contributed by atoms with Gasteiger partial charge in [-0.1, -0.05) is 11.6 Å². The van der Waals surface area contributed by atoms with Gasteiger partial charge in [-0.05, 0) is 51.1 Å². The Hall–Kier alpha value is -1.85. The minimum absolute atomic E-state index is 0.179. The van der Waals surface area contributed by atoms with Gasteiger partial charge in [-0.15, -0.1) is 0 Å². The molecule has 0 aliphatic heterocycles. The zero-order chi connectivity index (χ0) is 16.3. The number of hydrogen-bond acceptors (Lipinski definition) is 5. The van der Waals surface area contributed by atoms with E-state index in [0.29, 0.717) is 10.9 Å². The maximum absolute atomic E-state index is 11.7. The van der Waals surface area contributed by atoms with Gasteiger partial charge in [0.2, 0.25) is 0 Å². The number of nitrogens with zero attached hydrogens (tertiary/aromatic N) is 1. The number of rotatable bonds is 4. The molecule has 0 saturated heterocycles. The molecule has 22 heavy (non-hydrogen) atoms. The van der Waals surface area contributed by atoms with E-state index in [0.717, 1.165) is 10.9 Å². The lowest BCUT2D eigenvalue weighted by atomic mass is 10.2. The Balaban J connectivity index is 1.99. The Kier molecular flexibility index (Phi) is 4.88. The number of esters is 1. The van der Waals surface area contributed by atoms with E-state index >= 15 is 0 Å². The number of ether oxygens (including phenoxy) is 2. The summed E-state index contributed by atoms with van der Waals surface area (Å²) in [6.45, 7) is 5.03. The number of fused-ring (bicyclic) bond motifs is 1. The summed E-state index contributed by atoms with van der Waals surface area (Å²) in [7, 11) is 0. The average molecular weight is 324 g/mol. The summed E-state index contributed by atoms with van der Waals surface area (Å²) >= 11 is 5.82. The molecule has 2 rings (SSSR count). The van der Waals surface area contributed by atoms with Gasteiger partial charge in [0, 0.05) is 5.39 Å². The van der Waals surface area contributed by atoms with Gasteiger partial charge in [0.1, 0.15) is 23.1 Å². The third-order valence-corrected chi connectivity index (χ3v) is 2.92. The molecule has 118 valence electrons. The molecule has 0 spiro atoms. The summed E-state index contributed by atoms with van der Waals surface area (Å²) in [5.74, 6) is -0.180. The van der Waals surface area contributed by atoms with Gasteiger partial charge in [0.15, 0.2) is 6.10 Å². The van der Waals surface area contributed by atoms with Gasteiger partial charge in [-0.3, -0.25) is 0 Å². The van der Waals surface area contributed by atoms with Crippen LogP contribution in [0, 0.1) is 0 Å². The molecule has 0 unspecified atom stereocenters. The fourth-order valence-electron chi connectivity index (χ4n) is 1.78. The molecule has 0 radical (unpaired) electrons. The fourth-order valence-corrected chi connectivity index (χ4v) is 1.94. The number of halogens is 1. The number of hydrogen-bond donors (Lipinski definition) is 1. The number of pyridine rings is 1. The topological polar surface area (TPSA) is 68.7 Å². The van der Waals surface area contributed by atoms with E-state index in [-0.39, 0.29) is 6.61 Å². The molecular weight excluding hydrogens is 306 g/mol. The zero-order valence-electron chi connectivity index (χ0n) is 12.7. The van der Waals surface area contributed by atoms with E-state index in [4.69, 9.17) is 21.1 Å². The van der Waals surface area contributed by atoms with E-state index in [9.17, 15) is 9.90 Å². The molecule has 5 nitrogen and oxygen atoms in total. The van der Waals surface area contributed by atoms with Crippen molar-refractivity contribution in [2.24, 2.45) is 0 Å². The van der Waals surface area contributed by atoms with Crippen LogP contribution in [0.5, 0.6) is 5.75 Å². The van der Waals surface area contributed by atoms with Crippen molar-refractivity contribution in [1.82, 2.24) is 4.98 Å². The van der Waals surface area contributed by atoms with Crippen molar-refractivity contribution in [2.45, 2.75) is 32.5 Å². The lowest BCUT2D eigenvalue weighted by Gasteiger charge is -2.21. The minimum atomic E-state index is -1.33. The van der Waals surface area contributed by atoms with Crippen molar-refractivity contribution in [3.05, 3.63) is 35.5 Å². The Labute approximate surface area is 133 Å². The normalized spacial score (nSPS) is 13.0. The minimum Gasteiger partial charge on any atom is -0.490 e. The summed E-state index contributed by atoms with van der Waals surface area (Å²) < 4.78 is 10.5. The second-order valence-electron chi connectivity index (χ2n) is 5.85. The highest BCUT2D eigenvalue weighted by Crippen LogP contribution is 2.21. The Bertz CT molecular complexity index is 681.